The number of hydrogen-bond donors (Lipinski definition) is 1. The molecule has 0 unspecified atom stereocenters. The fraction of sp³-hybridized carbons (Fsp3) is 0.750. The van der Waals surface area contributed by atoms with Crippen molar-refractivity contribution in [2.45, 2.75) is 70.8 Å². The summed E-state index contributed by atoms with van der Waals surface area (Å²) < 4.78 is 17.8. The number of hydrogen-bond acceptors (Lipinski definition) is 4. The summed E-state index contributed by atoms with van der Waals surface area (Å²) >= 11 is 0. The minimum absolute atomic E-state index is 0.0993. The molecule has 1 fully saturated rings. The van der Waals surface area contributed by atoms with Crippen molar-refractivity contribution in [3.05, 3.63) is 35.9 Å². The molecule has 1 N–H and O–H groups in total. The summed E-state index contributed by atoms with van der Waals surface area (Å²) in [4.78, 5) is 0. The first kappa shape index (κ1) is 24.5. The van der Waals surface area contributed by atoms with Crippen LogP contribution < -0.4 is 5.32 Å². The van der Waals surface area contributed by atoms with Gasteiger partial charge in [0.05, 0.1) is 25.9 Å². The maximum atomic E-state index is 6.63. The van der Waals surface area contributed by atoms with Crippen molar-refractivity contribution in [1.29, 1.82) is 0 Å². The van der Waals surface area contributed by atoms with E-state index in [2.05, 4.69) is 76.4 Å². The molecular formula is C24H43NO3Si. The Bertz CT molecular complexity index is 608. The van der Waals surface area contributed by atoms with Gasteiger partial charge in [0.15, 0.2) is 8.32 Å². The van der Waals surface area contributed by atoms with E-state index in [-0.39, 0.29) is 16.5 Å². The molecule has 1 aromatic rings. The Balaban J connectivity index is 2.16. The average Bonchev–Trinajstić information content (AvgIpc) is 2.94. The molecule has 3 atom stereocenters. The van der Waals surface area contributed by atoms with E-state index in [0.29, 0.717) is 18.6 Å². The van der Waals surface area contributed by atoms with Gasteiger partial charge in [-0.1, -0.05) is 58.0 Å². The van der Waals surface area contributed by atoms with Gasteiger partial charge < -0.3 is 19.2 Å². The highest BCUT2D eigenvalue weighted by atomic mass is 28.4. The molecule has 4 nitrogen and oxygen atoms in total. The summed E-state index contributed by atoms with van der Waals surface area (Å²) in [6, 6.07) is 11.4. The van der Waals surface area contributed by atoms with Crippen molar-refractivity contribution in [2.75, 3.05) is 34.0 Å². The van der Waals surface area contributed by atoms with Crippen LogP contribution in [0, 0.1) is 11.3 Å². The Morgan fingerprint density at radius 3 is 2.17 bits per heavy atom. The van der Waals surface area contributed by atoms with E-state index < -0.39 is 8.32 Å². The molecule has 0 bridgehead atoms. The fourth-order valence-corrected chi connectivity index (χ4v) is 5.40. The van der Waals surface area contributed by atoms with E-state index in [9.17, 15) is 0 Å². The van der Waals surface area contributed by atoms with Gasteiger partial charge >= 0.3 is 0 Å². The molecule has 0 aromatic heterocycles. The molecule has 0 radical (unpaired) electrons. The van der Waals surface area contributed by atoms with Crippen LogP contribution in [0.4, 0.5) is 0 Å². The zero-order valence-electron chi connectivity index (χ0n) is 19.9. The maximum Gasteiger partial charge on any atom is 0.192 e. The fourth-order valence-electron chi connectivity index (χ4n) is 4.38. The van der Waals surface area contributed by atoms with Gasteiger partial charge in [-0.3, -0.25) is 0 Å². The molecule has 1 aliphatic rings. The van der Waals surface area contributed by atoms with Crippen LogP contribution >= 0.6 is 0 Å². The van der Waals surface area contributed by atoms with Gasteiger partial charge in [0, 0.05) is 25.7 Å². The molecule has 0 aliphatic heterocycles. The number of ether oxygens (including phenoxy) is 2. The standard InChI is InChI=1S/C24H43NO3Si/c1-19-14-24(17-26-5,18-27-6)15-21(19)25-22(20-12-10-9-11-13-20)16-28-29(7,8)23(2,3)4/h9-13,19,21-22,25H,14-18H2,1-8H3/t19-,21-,22+/m1/s1. The molecule has 0 heterocycles. The molecule has 0 amide bonds. The zero-order valence-corrected chi connectivity index (χ0v) is 20.9. The van der Waals surface area contributed by atoms with Crippen molar-refractivity contribution in [3.63, 3.8) is 0 Å². The van der Waals surface area contributed by atoms with Gasteiger partial charge in [-0.25, -0.2) is 0 Å². The lowest BCUT2D eigenvalue weighted by molar-refractivity contribution is 0.0112. The smallest absolute Gasteiger partial charge is 0.192 e. The van der Waals surface area contributed by atoms with Crippen LogP contribution in [0.1, 0.15) is 52.1 Å². The van der Waals surface area contributed by atoms with Crippen LogP contribution in [0.15, 0.2) is 30.3 Å². The van der Waals surface area contributed by atoms with E-state index >= 15 is 0 Å². The first-order chi connectivity index (χ1) is 13.5. The normalized spacial score (nSPS) is 23.3. The third-order valence-corrected chi connectivity index (χ3v) is 11.5. The lowest BCUT2D eigenvalue weighted by Crippen LogP contribution is -2.44. The molecule has 29 heavy (non-hydrogen) atoms. The second-order valence-electron chi connectivity index (χ2n) is 10.6. The van der Waals surface area contributed by atoms with Crippen molar-refractivity contribution >= 4 is 8.32 Å². The molecule has 0 spiro atoms. The predicted octanol–water partition coefficient (Wildman–Crippen LogP) is 5.42. The number of benzene rings is 1. The first-order valence-electron chi connectivity index (χ1n) is 11.0. The van der Waals surface area contributed by atoms with Gasteiger partial charge in [0.1, 0.15) is 0 Å². The minimum atomic E-state index is -1.81. The van der Waals surface area contributed by atoms with E-state index in [1.165, 1.54) is 5.56 Å². The second-order valence-corrected chi connectivity index (χ2v) is 15.4. The van der Waals surface area contributed by atoms with E-state index in [0.717, 1.165) is 26.1 Å². The quantitative estimate of drug-likeness (QED) is 0.512. The summed E-state index contributed by atoms with van der Waals surface area (Å²) in [5.74, 6) is 0.569. The Kier molecular flexibility index (Phi) is 8.51. The highest BCUT2D eigenvalue weighted by Gasteiger charge is 2.44. The molecule has 1 aromatic carbocycles. The largest absolute Gasteiger partial charge is 0.415 e. The lowest BCUT2D eigenvalue weighted by atomic mass is 9.87. The highest BCUT2D eigenvalue weighted by Crippen LogP contribution is 2.43. The van der Waals surface area contributed by atoms with Crippen LogP contribution in [-0.2, 0) is 13.9 Å². The van der Waals surface area contributed by atoms with Gasteiger partial charge in [-0.05, 0) is 42.5 Å². The Morgan fingerprint density at radius 1 is 1.07 bits per heavy atom. The molecular weight excluding hydrogens is 378 g/mol. The molecule has 1 saturated carbocycles. The number of methoxy groups -OCH3 is 2. The van der Waals surface area contributed by atoms with Crippen LogP contribution in [0.2, 0.25) is 18.1 Å². The van der Waals surface area contributed by atoms with E-state index in [4.69, 9.17) is 13.9 Å². The van der Waals surface area contributed by atoms with Crippen molar-refractivity contribution in [3.8, 4) is 0 Å². The van der Waals surface area contributed by atoms with Gasteiger partial charge in [0.25, 0.3) is 0 Å². The van der Waals surface area contributed by atoms with Crippen LogP contribution in [-0.4, -0.2) is 48.4 Å². The predicted molar refractivity (Wildman–Crippen MR) is 124 cm³/mol. The summed E-state index contributed by atoms with van der Waals surface area (Å²) in [5.41, 5.74) is 1.40. The van der Waals surface area contributed by atoms with Gasteiger partial charge in [-0.2, -0.15) is 0 Å². The van der Waals surface area contributed by atoms with Crippen molar-refractivity contribution < 1.29 is 13.9 Å². The minimum Gasteiger partial charge on any atom is -0.415 e. The third kappa shape index (κ3) is 6.38. The summed E-state index contributed by atoms with van der Waals surface area (Å²) in [7, 11) is 1.78. The average molecular weight is 422 g/mol. The van der Waals surface area contributed by atoms with Crippen LogP contribution in [0.3, 0.4) is 0 Å². The van der Waals surface area contributed by atoms with Crippen LogP contribution in [0.25, 0.3) is 0 Å². The molecule has 1 aliphatic carbocycles. The molecule has 5 heteroatoms. The third-order valence-electron chi connectivity index (χ3n) is 7.03. The SMILES string of the molecule is COCC1(COC)C[C@@H](C)[C@H](N[C@@H](CO[Si](C)(C)C(C)(C)C)c2ccccc2)C1. The van der Waals surface area contributed by atoms with E-state index in [1.54, 1.807) is 14.2 Å². The summed E-state index contributed by atoms with van der Waals surface area (Å²) in [6.45, 7) is 16.1. The van der Waals surface area contributed by atoms with Gasteiger partial charge in [0.2, 0.25) is 0 Å². The lowest BCUT2D eigenvalue weighted by Gasteiger charge is -2.38. The topological polar surface area (TPSA) is 39.7 Å². The van der Waals surface area contributed by atoms with Gasteiger partial charge in [-0.15, -0.1) is 0 Å². The Labute approximate surface area is 179 Å². The second kappa shape index (κ2) is 10.1. The van der Waals surface area contributed by atoms with Crippen LogP contribution in [0.5, 0.6) is 0 Å². The number of rotatable bonds is 10. The maximum absolute atomic E-state index is 6.63. The highest BCUT2D eigenvalue weighted by molar-refractivity contribution is 6.74. The Morgan fingerprint density at radius 2 is 1.66 bits per heavy atom. The Hall–Kier alpha value is -0.723. The van der Waals surface area contributed by atoms with E-state index in [1.807, 2.05) is 0 Å². The molecule has 0 saturated heterocycles. The molecule has 2 rings (SSSR count). The zero-order chi connectivity index (χ0) is 21.7. The monoisotopic (exact) mass is 421 g/mol. The summed E-state index contributed by atoms with van der Waals surface area (Å²) in [6.07, 6.45) is 2.19. The summed E-state index contributed by atoms with van der Waals surface area (Å²) in [5, 5.41) is 4.17. The first-order valence-corrected chi connectivity index (χ1v) is 13.9. The number of nitrogens with one attached hydrogen (secondary N) is 1. The molecule has 166 valence electrons. The van der Waals surface area contributed by atoms with Crippen molar-refractivity contribution in [1.82, 2.24) is 5.32 Å². The van der Waals surface area contributed by atoms with Crippen molar-refractivity contribution in [2.24, 2.45) is 11.3 Å².